The molecule has 0 aliphatic heterocycles. The highest BCUT2D eigenvalue weighted by Crippen LogP contribution is 2.18. The predicted molar refractivity (Wildman–Crippen MR) is 78.7 cm³/mol. The van der Waals surface area contributed by atoms with Crippen molar-refractivity contribution in [1.82, 2.24) is 0 Å². The van der Waals surface area contributed by atoms with Crippen LogP contribution in [0.25, 0.3) is 0 Å². The summed E-state index contributed by atoms with van der Waals surface area (Å²) in [4.78, 5) is 9.87. The van der Waals surface area contributed by atoms with Crippen molar-refractivity contribution in [2.24, 2.45) is 11.7 Å². The van der Waals surface area contributed by atoms with Crippen molar-refractivity contribution in [1.29, 1.82) is 0 Å². The van der Waals surface area contributed by atoms with Gasteiger partial charge >= 0.3 is 5.97 Å². The Bertz CT molecular complexity index is 197. The zero-order valence-electron chi connectivity index (χ0n) is 13.0. The summed E-state index contributed by atoms with van der Waals surface area (Å²) in [6, 6.07) is 0. The Kier molecular flexibility index (Phi) is 12.6. The van der Waals surface area contributed by atoms with Gasteiger partial charge in [0.05, 0.1) is 0 Å². The molecule has 0 aliphatic rings. The Labute approximate surface area is 113 Å². The van der Waals surface area contributed by atoms with Crippen molar-refractivity contribution in [3.05, 3.63) is 0 Å². The van der Waals surface area contributed by atoms with Crippen molar-refractivity contribution >= 4 is 5.97 Å². The molecule has 3 nitrogen and oxygen atoms in total. The number of carbonyl (C=O) groups is 1. The molecule has 3 heteroatoms. The molecule has 18 heavy (non-hydrogen) atoms. The smallest absolute Gasteiger partial charge is 0.303 e. The lowest BCUT2D eigenvalue weighted by atomic mass is 9.86. The maximum absolute atomic E-state index is 9.87. The Morgan fingerprint density at radius 3 is 2.00 bits per heavy atom. The molecule has 0 amide bonds. The van der Waals surface area contributed by atoms with E-state index < -0.39 is 5.97 Å². The molecule has 110 valence electrons. The second-order valence-electron chi connectivity index (χ2n) is 5.72. The summed E-state index contributed by atoms with van der Waals surface area (Å²) < 4.78 is 0. The van der Waals surface area contributed by atoms with Gasteiger partial charge in [-0.05, 0) is 32.6 Å². The molecule has 0 heterocycles. The maximum atomic E-state index is 9.87. The zero-order chi connectivity index (χ0) is 14.6. The van der Waals surface area contributed by atoms with Crippen molar-refractivity contribution in [2.75, 3.05) is 0 Å². The average molecular weight is 259 g/mol. The molecule has 1 atom stereocenters. The molecule has 1 unspecified atom stereocenters. The summed E-state index contributed by atoms with van der Waals surface area (Å²) in [7, 11) is 0. The lowest BCUT2D eigenvalue weighted by Gasteiger charge is -2.26. The SMILES string of the molecule is CCCCC(C)C(C)(C)N.CCCCCC(=O)O. The minimum absolute atomic E-state index is 0.00910. The molecule has 0 spiro atoms. The van der Waals surface area contributed by atoms with E-state index in [9.17, 15) is 4.79 Å². The first-order valence-electron chi connectivity index (χ1n) is 7.26. The largest absolute Gasteiger partial charge is 0.481 e. The van der Waals surface area contributed by atoms with Gasteiger partial charge in [-0.25, -0.2) is 0 Å². The topological polar surface area (TPSA) is 63.3 Å². The summed E-state index contributed by atoms with van der Waals surface area (Å²) in [5, 5.41) is 8.14. The van der Waals surface area contributed by atoms with E-state index in [2.05, 4.69) is 34.6 Å². The number of carboxylic acids is 1. The maximum Gasteiger partial charge on any atom is 0.303 e. The van der Waals surface area contributed by atoms with Crippen LogP contribution in [0.15, 0.2) is 0 Å². The second kappa shape index (κ2) is 11.5. The molecular weight excluding hydrogens is 226 g/mol. The molecule has 0 radical (unpaired) electrons. The molecule has 0 bridgehead atoms. The van der Waals surface area contributed by atoms with Crippen LogP contribution in [0.4, 0.5) is 0 Å². The van der Waals surface area contributed by atoms with E-state index in [1.807, 2.05) is 0 Å². The fraction of sp³-hybridized carbons (Fsp3) is 0.933. The monoisotopic (exact) mass is 259 g/mol. The van der Waals surface area contributed by atoms with Gasteiger partial charge in [-0.2, -0.15) is 0 Å². The number of rotatable bonds is 8. The van der Waals surface area contributed by atoms with Crippen LogP contribution in [-0.4, -0.2) is 16.6 Å². The van der Waals surface area contributed by atoms with Gasteiger partial charge in [0.2, 0.25) is 0 Å². The Morgan fingerprint density at radius 1 is 1.17 bits per heavy atom. The van der Waals surface area contributed by atoms with Crippen molar-refractivity contribution in [3.8, 4) is 0 Å². The van der Waals surface area contributed by atoms with Gasteiger partial charge in [0.25, 0.3) is 0 Å². The third-order valence-corrected chi connectivity index (χ3v) is 3.26. The lowest BCUT2D eigenvalue weighted by Crippen LogP contribution is -2.39. The molecular formula is C15H33NO2. The average Bonchev–Trinajstić information content (AvgIpc) is 2.25. The first-order valence-corrected chi connectivity index (χ1v) is 7.26. The predicted octanol–water partition coefficient (Wildman–Crippen LogP) is 4.20. The standard InChI is InChI=1S/C9H21N.C6H12O2/c1-5-6-7-8(2)9(3,4)10;1-2-3-4-5-6(7)8/h8H,5-7,10H2,1-4H3;2-5H2,1H3,(H,7,8). The number of hydrogen-bond donors (Lipinski definition) is 2. The Morgan fingerprint density at radius 2 is 1.67 bits per heavy atom. The van der Waals surface area contributed by atoms with Crippen LogP contribution < -0.4 is 5.73 Å². The van der Waals surface area contributed by atoms with Gasteiger partial charge < -0.3 is 10.8 Å². The highest BCUT2D eigenvalue weighted by atomic mass is 16.4. The van der Waals surface area contributed by atoms with E-state index in [4.69, 9.17) is 10.8 Å². The number of unbranched alkanes of at least 4 members (excludes halogenated alkanes) is 3. The number of nitrogens with two attached hydrogens (primary N) is 1. The van der Waals surface area contributed by atoms with Gasteiger partial charge in [-0.3, -0.25) is 4.79 Å². The van der Waals surface area contributed by atoms with E-state index in [0.29, 0.717) is 12.3 Å². The molecule has 0 rings (SSSR count). The fourth-order valence-corrected chi connectivity index (χ4v) is 1.41. The number of hydrogen-bond acceptors (Lipinski definition) is 2. The van der Waals surface area contributed by atoms with Crippen LogP contribution >= 0.6 is 0 Å². The van der Waals surface area contributed by atoms with Gasteiger partial charge in [0, 0.05) is 12.0 Å². The number of aliphatic carboxylic acids is 1. The van der Waals surface area contributed by atoms with E-state index in [0.717, 1.165) is 19.3 Å². The van der Waals surface area contributed by atoms with Crippen LogP contribution in [0.3, 0.4) is 0 Å². The van der Waals surface area contributed by atoms with Crippen molar-refractivity contribution in [3.63, 3.8) is 0 Å². The number of carboxylic acid groups (broad SMARTS) is 1. The van der Waals surface area contributed by atoms with Gasteiger partial charge in [-0.1, -0.05) is 46.5 Å². The lowest BCUT2D eigenvalue weighted by molar-refractivity contribution is -0.137. The summed E-state index contributed by atoms with van der Waals surface area (Å²) in [6.07, 6.45) is 7.13. The first kappa shape index (κ1) is 19.8. The molecule has 0 aromatic carbocycles. The van der Waals surface area contributed by atoms with Crippen LogP contribution in [-0.2, 0) is 4.79 Å². The quantitative estimate of drug-likeness (QED) is 0.642. The van der Waals surface area contributed by atoms with Gasteiger partial charge in [0.1, 0.15) is 0 Å². The van der Waals surface area contributed by atoms with Gasteiger partial charge in [-0.15, -0.1) is 0 Å². The van der Waals surface area contributed by atoms with Crippen LogP contribution in [0.2, 0.25) is 0 Å². The van der Waals surface area contributed by atoms with E-state index in [1.54, 1.807) is 0 Å². The molecule has 3 N–H and O–H groups in total. The summed E-state index contributed by atoms with van der Waals surface area (Å²) in [5.74, 6) is -0.0362. The van der Waals surface area contributed by atoms with Crippen LogP contribution in [0.1, 0.15) is 79.6 Å². The summed E-state index contributed by atoms with van der Waals surface area (Å²) in [5.41, 5.74) is 5.93. The van der Waals surface area contributed by atoms with E-state index in [1.165, 1.54) is 19.3 Å². The first-order chi connectivity index (χ1) is 8.25. The van der Waals surface area contributed by atoms with E-state index >= 15 is 0 Å². The summed E-state index contributed by atoms with van der Waals surface area (Å²) in [6.45, 7) is 10.7. The van der Waals surface area contributed by atoms with Crippen molar-refractivity contribution in [2.45, 2.75) is 85.1 Å². The third kappa shape index (κ3) is 15.4. The minimum Gasteiger partial charge on any atom is -0.481 e. The molecule has 0 saturated heterocycles. The fourth-order valence-electron chi connectivity index (χ4n) is 1.41. The third-order valence-electron chi connectivity index (χ3n) is 3.26. The van der Waals surface area contributed by atoms with E-state index in [-0.39, 0.29) is 5.54 Å². The molecule has 0 aromatic rings. The normalized spacial score (nSPS) is 12.6. The second-order valence-corrected chi connectivity index (χ2v) is 5.72. The minimum atomic E-state index is -0.682. The van der Waals surface area contributed by atoms with Crippen molar-refractivity contribution < 1.29 is 9.90 Å². The van der Waals surface area contributed by atoms with Crippen LogP contribution in [0.5, 0.6) is 0 Å². The zero-order valence-corrected chi connectivity index (χ0v) is 13.0. The Balaban J connectivity index is 0. The molecule has 0 saturated carbocycles. The molecule has 0 aliphatic carbocycles. The highest BCUT2D eigenvalue weighted by Gasteiger charge is 2.18. The Hall–Kier alpha value is -0.570. The van der Waals surface area contributed by atoms with Crippen LogP contribution in [0, 0.1) is 5.92 Å². The highest BCUT2D eigenvalue weighted by molar-refractivity contribution is 5.66. The molecule has 0 aromatic heterocycles. The molecule has 0 fully saturated rings. The van der Waals surface area contributed by atoms with Gasteiger partial charge in [0.15, 0.2) is 0 Å². The summed E-state index contributed by atoms with van der Waals surface area (Å²) >= 11 is 0.